The van der Waals surface area contributed by atoms with E-state index in [4.69, 9.17) is 0 Å². The van der Waals surface area contributed by atoms with E-state index in [1.165, 1.54) is 11.1 Å². The summed E-state index contributed by atoms with van der Waals surface area (Å²) in [4.78, 5) is 26.8. The molecule has 27 heavy (non-hydrogen) atoms. The van der Waals surface area contributed by atoms with Crippen LogP contribution in [0, 0.1) is 0 Å². The molecule has 0 radical (unpaired) electrons. The maximum absolute atomic E-state index is 12.8. The van der Waals surface area contributed by atoms with Crippen LogP contribution >= 0.6 is 0 Å². The number of benzene rings is 2. The molecular formula is C22H27N3O2. The molecule has 1 heterocycles. The molecule has 1 aliphatic rings. The van der Waals surface area contributed by atoms with Crippen LogP contribution in [0.4, 0.5) is 11.4 Å². The summed E-state index contributed by atoms with van der Waals surface area (Å²) in [5.74, 6) is -0.184. The van der Waals surface area contributed by atoms with E-state index in [9.17, 15) is 9.59 Å². The van der Waals surface area contributed by atoms with Gasteiger partial charge in [0, 0.05) is 36.9 Å². The minimum absolute atomic E-state index is 0.0429. The lowest BCUT2D eigenvalue weighted by Crippen LogP contribution is -2.35. The summed E-state index contributed by atoms with van der Waals surface area (Å²) in [6.45, 7) is 7.33. The molecule has 2 amide bonds. The summed E-state index contributed by atoms with van der Waals surface area (Å²) >= 11 is 0. The van der Waals surface area contributed by atoms with Crippen LogP contribution in [0.5, 0.6) is 0 Å². The van der Waals surface area contributed by atoms with Gasteiger partial charge in [-0.05, 0) is 49.6 Å². The van der Waals surface area contributed by atoms with Crippen molar-refractivity contribution < 1.29 is 9.59 Å². The van der Waals surface area contributed by atoms with E-state index >= 15 is 0 Å². The van der Waals surface area contributed by atoms with E-state index in [2.05, 4.69) is 39.8 Å². The molecule has 0 aliphatic carbocycles. The van der Waals surface area contributed by atoms with Crippen molar-refractivity contribution in [3.63, 3.8) is 0 Å². The Labute approximate surface area is 160 Å². The molecule has 0 bridgehead atoms. The highest BCUT2D eigenvalue weighted by Gasteiger charge is 2.22. The Balaban J connectivity index is 1.93. The molecule has 2 aromatic rings. The van der Waals surface area contributed by atoms with E-state index in [1.54, 1.807) is 13.0 Å². The molecule has 3 rings (SSSR count). The van der Waals surface area contributed by atoms with Crippen molar-refractivity contribution in [1.29, 1.82) is 0 Å². The number of hydrogen-bond acceptors (Lipinski definition) is 3. The van der Waals surface area contributed by atoms with Gasteiger partial charge in [0.1, 0.15) is 0 Å². The minimum Gasteiger partial charge on any atom is -0.366 e. The van der Waals surface area contributed by atoms with Crippen molar-refractivity contribution in [1.82, 2.24) is 5.32 Å². The van der Waals surface area contributed by atoms with Crippen LogP contribution in [-0.2, 0) is 17.8 Å². The molecule has 2 N–H and O–H groups in total. The van der Waals surface area contributed by atoms with Gasteiger partial charge in [0.15, 0.2) is 0 Å². The number of nitrogens with one attached hydrogen (secondary N) is 2. The van der Waals surface area contributed by atoms with E-state index < -0.39 is 0 Å². The average Bonchev–Trinajstić information content (AvgIpc) is 2.67. The monoisotopic (exact) mass is 365 g/mol. The Hall–Kier alpha value is -2.82. The Bertz CT molecular complexity index is 845. The van der Waals surface area contributed by atoms with Gasteiger partial charge in [-0.1, -0.05) is 31.2 Å². The fourth-order valence-corrected chi connectivity index (χ4v) is 3.36. The van der Waals surface area contributed by atoms with E-state index in [0.717, 1.165) is 25.2 Å². The highest BCUT2D eigenvalue weighted by atomic mass is 16.2. The zero-order valence-electron chi connectivity index (χ0n) is 16.2. The highest BCUT2D eigenvalue weighted by Crippen LogP contribution is 2.29. The molecule has 142 valence electrons. The number of rotatable bonds is 5. The number of amides is 2. The average molecular weight is 365 g/mol. The van der Waals surface area contributed by atoms with Crippen molar-refractivity contribution in [2.24, 2.45) is 0 Å². The fourth-order valence-electron chi connectivity index (χ4n) is 3.36. The predicted octanol–water partition coefficient (Wildman–Crippen LogP) is 3.74. The summed E-state index contributed by atoms with van der Waals surface area (Å²) in [6, 6.07) is 14.1. The lowest BCUT2D eigenvalue weighted by Gasteiger charge is -2.32. The van der Waals surface area contributed by atoms with Crippen molar-refractivity contribution >= 4 is 23.2 Å². The smallest absolute Gasteiger partial charge is 0.253 e. The van der Waals surface area contributed by atoms with Crippen LogP contribution in [0.2, 0.25) is 0 Å². The van der Waals surface area contributed by atoms with E-state index in [-0.39, 0.29) is 17.9 Å². The van der Waals surface area contributed by atoms with Crippen LogP contribution in [0.3, 0.4) is 0 Å². The first-order chi connectivity index (χ1) is 13.0. The number of fused-ring (bicyclic) bond motifs is 1. The normalized spacial score (nSPS) is 13.3. The molecule has 5 nitrogen and oxygen atoms in total. The summed E-state index contributed by atoms with van der Waals surface area (Å²) < 4.78 is 0. The van der Waals surface area contributed by atoms with Gasteiger partial charge in [0.2, 0.25) is 5.91 Å². The molecule has 2 aromatic carbocycles. The predicted molar refractivity (Wildman–Crippen MR) is 109 cm³/mol. The van der Waals surface area contributed by atoms with Gasteiger partial charge in [-0.3, -0.25) is 9.59 Å². The zero-order valence-corrected chi connectivity index (χ0v) is 16.2. The second kappa shape index (κ2) is 8.25. The number of hydrogen-bond donors (Lipinski definition) is 2. The number of anilines is 2. The molecule has 0 saturated heterocycles. The standard InChI is InChI=1S/C22H27N3O2/c1-4-21(26)24-18-9-10-20(19(13-18)22(27)23-15(2)3)25-12-11-16-7-5-6-8-17(16)14-25/h5-10,13,15H,4,11-12,14H2,1-3H3,(H,23,27)(H,24,26). The molecule has 0 saturated carbocycles. The SMILES string of the molecule is CCC(=O)Nc1ccc(N2CCc3ccccc3C2)c(C(=O)NC(C)C)c1. The number of carbonyl (C=O) groups is 2. The molecule has 0 spiro atoms. The zero-order chi connectivity index (χ0) is 19.4. The molecular weight excluding hydrogens is 338 g/mol. The van der Waals surface area contributed by atoms with Gasteiger partial charge in [-0.2, -0.15) is 0 Å². The molecule has 1 aliphatic heterocycles. The molecule has 0 fully saturated rings. The Morgan fingerprint density at radius 1 is 1.11 bits per heavy atom. The second-order valence-corrected chi connectivity index (χ2v) is 7.20. The Kier molecular flexibility index (Phi) is 5.79. The first kappa shape index (κ1) is 19.0. The van der Waals surface area contributed by atoms with Gasteiger partial charge in [0.25, 0.3) is 5.91 Å². The van der Waals surface area contributed by atoms with Crippen molar-refractivity contribution in [3.8, 4) is 0 Å². The first-order valence-electron chi connectivity index (χ1n) is 9.54. The largest absolute Gasteiger partial charge is 0.366 e. The van der Waals surface area contributed by atoms with E-state index in [0.29, 0.717) is 17.7 Å². The first-order valence-corrected chi connectivity index (χ1v) is 9.54. The second-order valence-electron chi connectivity index (χ2n) is 7.20. The van der Waals surface area contributed by atoms with Crippen LogP contribution in [-0.4, -0.2) is 24.4 Å². The van der Waals surface area contributed by atoms with Crippen LogP contribution in [0.25, 0.3) is 0 Å². The van der Waals surface area contributed by atoms with Gasteiger partial charge in [-0.25, -0.2) is 0 Å². The maximum Gasteiger partial charge on any atom is 0.253 e. The fraction of sp³-hybridized carbons (Fsp3) is 0.364. The third kappa shape index (κ3) is 4.48. The Morgan fingerprint density at radius 2 is 1.85 bits per heavy atom. The van der Waals surface area contributed by atoms with Crippen LogP contribution < -0.4 is 15.5 Å². The third-order valence-corrected chi connectivity index (χ3v) is 4.74. The number of nitrogens with zero attached hydrogens (tertiary/aromatic N) is 1. The molecule has 0 aromatic heterocycles. The van der Waals surface area contributed by atoms with Gasteiger partial charge in [0.05, 0.1) is 5.56 Å². The molecule has 5 heteroatoms. The topological polar surface area (TPSA) is 61.4 Å². The van der Waals surface area contributed by atoms with Crippen molar-refractivity contribution in [3.05, 3.63) is 59.2 Å². The number of carbonyl (C=O) groups excluding carboxylic acids is 2. The lowest BCUT2D eigenvalue weighted by molar-refractivity contribution is -0.115. The van der Waals surface area contributed by atoms with E-state index in [1.807, 2.05) is 26.0 Å². The summed E-state index contributed by atoms with van der Waals surface area (Å²) in [7, 11) is 0. The third-order valence-electron chi connectivity index (χ3n) is 4.74. The van der Waals surface area contributed by atoms with Gasteiger partial charge < -0.3 is 15.5 Å². The van der Waals surface area contributed by atoms with Crippen molar-refractivity contribution in [2.75, 3.05) is 16.8 Å². The summed E-state index contributed by atoms with van der Waals surface area (Å²) in [6.07, 6.45) is 1.36. The van der Waals surface area contributed by atoms with Crippen LogP contribution in [0.1, 0.15) is 48.7 Å². The quantitative estimate of drug-likeness (QED) is 0.849. The van der Waals surface area contributed by atoms with Crippen LogP contribution in [0.15, 0.2) is 42.5 Å². The van der Waals surface area contributed by atoms with Gasteiger partial charge in [-0.15, -0.1) is 0 Å². The highest BCUT2D eigenvalue weighted by molar-refractivity contribution is 6.02. The maximum atomic E-state index is 12.8. The Morgan fingerprint density at radius 3 is 2.56 bits per heavy atom. The lowest BCUT2D eigenvalue weighted by atomic mass is 9.98. The van der Waals surface area contributed by atoms with Crippen molar-refractivity contribution in [2.45, 2.75) is 46.2 Å². The summed E-state index contributed by atoms with van der Waals surface area (Å²) in [5.41, 5.74) is 4.81. The molecule has 0 unspecified atom stereocenters. The van der Waals surface area contributed by atoms with Gasteiger partial charge >= 0.3 is 0 Å². The summed E-state index contributed by atoms with van der Waals surface area (Å²) in [5, 5.41) is 5.82. The molecule has 0 atom stereocenters. The minimum atomic E-state index is -0.119.